The Hall–Kier alpha value is -4.58. The molecule has 3 amide bonds. The molecule has 1 fully saturated rings. The number of benzene rings is 2. The zero-order valence-corrected chi connectivity index (χ0v) is 20.1. The Bertz CT molecular complexity index is 1440. The molecule has 186 valence electrons. The lowest BCUT2D eigenvalue weighted by atomic mass is 9.66. The first kappa shape index (κ1) is 24.1. The number of aliphatic hydroxyl groups is 1. The lowest BCUT2D eigenvalue weighted by molar-refractivity contribution is -0.137. The van der Waals surface area contributed by atoms with Crippen LogP contribution >= 0.6 is 0 Å². The highest BCUT2D eigenvalue weighted by Crippen LogP contribution is 2.47. The molecular weight excluding hydrogens is 472 g/mol. The molecule has 0 saturated carbocycles. The lowest BCUT2D eigenvalue weighted by Crippen LogP contribution is -2.52. The average Bonchev–Trinajstić information content (AvgIpc) is 3.23. The number of imide groups is 1. The SMILES string of the molecule is CC1(C#N)C(O)=C(C=Nc2cccc3c2CN(C2CCC(=O)NC2=O)C3=O)C(=O)CC1c1ccccc1. The van der Waals surface area contributed by atoms with Crippen LogP contribution in [0.15, 0.2) is 64.9 Å². The van der Waals surface area contributed by atoms with E-state index in [1.807, 2.05) is 30.3 Å². The van der Waals surface area contributed by atoms with Gasteiger partial charge in [0, 0.05) is 42.6 Å². The first-order chi connectivity index (χ1) is 17.7. The fraction of sp³-hybridized carbons (Fsp3) is 0.286. The van der Waals surface area contributed by atoms with E-state index < -0.39 is 23.3 Å². The van der Waals surface area contributed by atoms with Gasteiger partial charge in [0.05, 0.1) is 17.3 Å². The minimum atomic E-state index is -1.33. The summed E-state index contributed by atoms with van der Waals surface area (Å²) in [5.74, 6) is -2.38. The van der Waals surface area contributed by atoms with Crippen LogP contribution in [0.3, 0.4) is 0 Å². The Morgan fingerprint density at radius 1 is 1.14 bits per heavy atom. The number of carbonyl (C=O) groups is 4. The number of amides is 3. The van der Waals surface area contributed by atoms with E-state index in [1.165, 1.54) is 11.1 Å². The van der Waals surface area contributed by atoms with Gasteiger partial charge in [-0.05, 0) is 31.0 Å². The molecule has 2 N–H and O–H groups in total. The maximum absolute atomic E-state index is 13.1. The van der Waals surface area contributed by atoms with Crippen molar-refractivity contribution >= 4 is 35.4 Å². The van der Waals surface area contributed by atoms with Gasteiger partial charge in [-0.15, -0.1) is 0 Å². The number of aliphatic hydroxyl groups excluding tert-OH is 1. The van der Waals surface area contributed by atoms with E-state index in [2.05, 4.69) is 16.4 Å². The highest BCUT2D eigenvalue weighted by atomic mass is 16.3. The normalized spacial score (nSPS) is 25.9. The Morgan fingerprint density at radius 2 is 1.89 bits per heavy atom. The van der Waals surface area contributed by atoms with Gasteiger partial charge in [-0.25, -0.2) is 0 Å². The van der Waals surface area contributed by atoms with Gasteiger partial charge >= 0.3 is 0 Å². The molecule has 0 radical (unpaired) electrons. The number of allylic oxidation sites excluding steroid dienone is 2. The molecule has 5 rings (SSSR count). The molecule has 0 bridgehead atoms. The summed E-state index contributed by atoms with van der Waals surface area (Å²) in [5, 5.41) is 23.3. The van der Waals surface area contributed by atoms with Crippen LogP contribution in [-0.2, 0) is 20.9 Å². The number of hydrogen-bond donors (Lipinski definition) is 2. The van der Waals surface area contributed by atoms with Gasteiger partial charge in [0.1, 0.15) is 17.2 Å². The highest BCUT2D eigenvalue weighted by molar-refractivity contribution is 6.15. The van der Waals surface area contributed by atoms with E-state index in [-0.39, 0.29) is 54.7 Å². The lowest BCUT2D eigenvalue weighted by Gasteiger charge is -2.35. The molecule has 0 spiro atoms. The highest BCUT2D eigenvalue weighted by Gasteiger charge is 2.47. The van der Waals surface area contributed by atoms with Crippen LogP contribution in [0.2, 0.25) is 0 Å². The number of hydrogen-bond acceptors (Lipinski definition) is 7. The monoisotopic (exact) mass is 496 g/mol. The van der Waals surface area contributed by atoms with Crippen molar-refractivity contribution < 1.29 is 24.3 Å². The maximum Gasteiger partial charge on any atom is 0.255 e. The minimum absolute atomic E-state index is 0.0359. The van der Waals surface area contributed by atoms with Gasteiger partial charge in [0.15, 0.2) is 5.78 Å². The molecule has 2 aromatic rings. The predicted molar refractivity (Wildman–Crippen MR) is 133 cm³/mol. The van der Waals surface area contributed by atoms with Crippen LogP contribution in [0.1, 0.15) is 53.6 Å². The van der Waals surface area contributed by atoms with Crippen molar-refractivity contribution in [2.75, 3.05) is 0 Å². The first-order valence-electron chi connectivity index (χ1n) is 12.0. The molecule has 2 aromatic carbocycles. The third-order valence-corrected chi connectivity index (χ3v) is 7.46. The van der Waals surface area contributed by atoms with Crippen molar-refractivity contribution in [3.05, 3.63) is 76.6 Å². The zero-order valence-electron chi connectivity index (χ0n) is 20.1. The topological polar surface area (TPSA) is 140 Å². The van der Waals surface area contributed by atoms with Crippen LogP contribution in [0, 0.1) is 16.7 Å². The molecule has 1 aliphatic carbocycles. The number of Topliss-reactive ketones (excluding diaryl/α,β-unsaturated/α-hetero) is 1. The molecule has 3 atom stereocenters. The second-order valence-corrected chi connectivity index (χ2v) is 9.63. The standard InChI is InChI=1S/C28H24N4O5/c1-28(15-29)20(16-6-3-2-4-7-16)12-23(33)18(25(28)35)13-30-21-9-5-8-17-19(21)14-32(27(17)37)22-10-11-24(34)31-26(22)36/h2-9,13,20,22,35H,10-12,14H2,1H3,(H,31,34,36). The van der Waals surface area contributed by atoms with Crippen molar-refractivity contribution in [3.63, 3.8) is 0 Å². The fourth-order valence-corrected chi connectivity index (χ4v) is 5.30. The summed E-state index contributed by atoms with van der Waals surface area (Å²) in [5.41, 5.74) is 0.807. The summed E-state index contributed by atoms with van der Waals surface area (Å²) >= 11 is 0. The second kappa shape index (κ2) is 9.13. The first-order valence-corrected chi connectivity index (χ1v) is 12.0. The number of nitriles is 1. The third kappa shape index (κ3) is 4.00. The van der Waals surface area contributed by atoms with Gasteiger partial charge in [-0.2, -0.15) is 5.26 Å². The summed E-state index contributed by atoms with van der Waals surface area (Å²) in [6, 6.07) is 15.6. The molecule has 3 aliphatic rings. The van der Waals surface area contributed by atoms with Crippen LogP contribution in [0.4, 0.5) is 5.69 Å². The number of rotatable bonds is 4. The largest absolute Gasteiger partial charge is 0.510 e. The number of carbonyl (C=O) groups excluding carboxylic acids is 4. The average molecular weight is 497 g/mol. The van der Waals surface area contributed by atoms with Crippen molar-refractivity contribution in [1.29, 1.82) is 5.26 Å². The quantitative estimate of drug-likeness (QED) is 0.492. The molecule has 37 heavy (non-hydrogen) atoms. The number of nitrogens with zero attached hydrogens (tertiary/aromatic N) is 3. The van der Waals surface area contributed by atoms with Crippen molar-refractivity contribution in [1.82, 2.24) is 10.2 Å². The van der Waals surface area contributed by atoms with E-state index >= 15 is 0 Å². The number of fused-ring (bicyclic) bond motifs is 1. The number of ketones is 1. The van der Waals surface area contributed by atoms with Gasteiger partial charge in [-0.1, -0.05) is 36.4 Å². The second-order valence-electron chi connectivity index (χ2n) is 9.63. The molecule has 2 aliphatic heterocycles. The Morgan fingerprint density at radius 3 is 2.59 bits per heavy atom. The summed E-state index contributed by atoms with van der Waals surface area (Å²) in [7, 11) is 0. The van der Waals surface area contributed by atoms with E-state index in [0.29, 0.717) is 16.8 Å². The van der Waals surface area contributed by atoms with Crippen molar-refractivity contribution in [2.24, 2.45) is 10.4 Å². The van der Waals surface area contributed by atoms with E-state index in [0.717, 1.165) is 5.56 Å². The number of nitrogens with one attached hydrogen (secondary N) is 1. The summed E-state index contributed by atoms with van der Waals surface area (Å²) in [6.45, 7) is 1.73. The van der Waals surface area contributed by atoms with E-state index in [1.54, 1.807) is 25.1 Å². The molecule has 1 saturated heterocycles. The number of piperidine rings is 1. The molecule has 9 heteroatoms. The molecular formula is C28H24N4O5. The van der Waals surface area contributed by atoms with Crippen molar-refractivity contribution in [2.45, 2.75) is 44.7 Å². The third-order valence-electron chi connectivity index (χ3n) is 7.46. The smallest absolute Gasteiger partial charge is 0.255 e. The van der Waals surface area contributed by atoms with Crippen LogP contribution in [0.5, 0.6) is 0 Å². The van der Waals surface area contributed by atoms with Crippen molar-refractivity contribution in [3.8, 4) is 6.07 Å². The van der Waals surface area contributed by atoms with E-state index in [9.17, 15) is 29.5 Å². The Kier molecular flexibility index (Phi) is 5.96. The molecule has 9 nitrogen and oxygen atoms in total. The molecule has 3 unspecified atom stereocenters. The number of aliphatic imine (C=N–C) groups is 1. The van der Waals surface area contributed by atoms with Crippen LogP contribution in [-0.4, -0.2) is 45.8 Å². The summed E-state index contributed by atoms with van der Waals surface area (Å²) in [6.07, 6.45) is 1.68. The summed E-state index contributed by atoms with van der Waals surface area (Å²) < 4.78 is 0. The summed E-state index contributed by atoms with van der Waals surface area (Å²) in [4.78, 5) is 55.8. The minimum Gasteiger partial charge on any atom is -0.510 e. The fourth-order valence-electron chi connectivity index (χ4n) is 5.30. The maximum atomic E-state index is 13.1. The predicted octanol–water partition coefficient (Wildman–Crippen LogP) is 3.25. The molecule has 0 aromatic heterocycles. The van der Waals surface area contributed by atoms with Crippen LogP contribution < -0.4 is 5.32 Å². The Labute approximate surface area is 213 Å². The van der Waals surface area contributed by atoms with E-state index in [4.69, 9.17) is 0 Å². The zero-order chi connectivity index (χ0) is 26.3. The molecule has 2 heterocycles. The van der Waals surface area contributed by atoms with Gasteiger partial charge in [-0.3, -0.25) is 29.5 Å². The Balaban J connectivity index is 1.46. The van der Waals surface area contributed by atoms with Gasteiger partial charge in [0.2, 0.25) is 11.8 Å². The van der Waals surface area contributed by atoms with Crippen LogP contribution in [0.25, 0.3) is 0 Å². The van der Waals surface area contributed by atoms with Gasteiger partial charge in [0.25, 0.3) is 5.91 Å². The van der Waals surface area contributed by atoms with Gasteiger partial charge < -0.3 is 10.0 Å².